The topological polar surface area (TPSA) is 105 Å². The Balaban J connectivity index is 1.42. The Morgan fingerprint density at radius 3 is 2.58 bits per heavy atom. The fourth-order valence-corrected chi connectivity index (χ4v) is 3.75. The summed E-state index contributed by atoms with van der Waals surface area (Å²) in [6.07, 6.45) is 3.39. The standard InChI is InChI=1S/C19H27N3O4/c20-18(25)14-3-5-15(6-4-14)21-17(24)7-10-22-11-8-19(9-12-22)16(23)2-1-13-26-19/h3-6,16,23H,1-2,7-13H2,(H2,20,25)(H,21,24)/t16-/m0/s1. The van der Waals surface area contributed by atoms with Crippen molar-refractivity contribution in [2.24, 2.45) is 5.73 Å². The molecule has 0 saturated carbocycles. The van der Waals surface area contributed by atoms with Crippen molar-refractivity contribution in [1.29, 1.82) is 0 Å². The van der Waals surface area contributed by atoms with E-state index in [1.807, 2.05) is 0 Å². The van der Waals surface area contributed by atoms with Crippen LogP contribution in [-0.2, 0) is 9.53 Å². The highest BCUT2D eigenvalue weighted by atomic mass is 16.5. The first kappa shape index (κ1) is 18.8. The number of anilines is 1. The molecule has 3 rings (SSSR count). The van der Waals surface area contributed by atoms with Crippen LogP contribution in [0.4, 0.5) is 5.69 Å². The molecule has 0 aliphatic carbocycles. The molecule has 4 N–H and O–H groups in total. The monoisotopic (exact) mass is 361 g/mol. The number of hydrogen-bond acceptors (Lipinski definition) is 5. The van der Waals surface area contributed by atoms with E-state index in [0.717, 1.165) is 45.4 Å². The molecule has 0 radical (unpaired) electrons. The number of nitrogens with zero attached hydrogens (tertiary/aromatic N) is 1. The molecule has 0 bridgehead atoms. The zero-order chi connectivity index (χ0) is 18.6. The second kappa shape index (κ2) is 8.16. The van der Waals surface area contributed by atoms with Crippen molar-refractivity contribution in [3.05, 3.63) is 29.8 Å². The van der Waals surface area contributed by atoms with Gasteiger partial charge in [0.1, 0.15) is 0 Å². The Kier molecular flexibility index (Phi) is 5.90. The van der Waals surface area contributed by atoms with E-state index in [1.54, 1.807) is 24.3 Å². The van der Waals surface area contributed by atoms with Gasteiger partial charge in [-0.2, -0.15) is 0 Å². The number of amides is 2. The van der Waals surface area contributed by atoms with Crippen LogP contribution in [0.3, 0.4) is 0 Å². The molecule has 1 spiro atoms. The van der Waals surface area contributed by atoms with E-state index in [2.05, 4.69) is 10.2 Å². The molecule has 142 valence electrons. The number of nitrogens with two attached hydrogens (primary N) is 1. The zero-order valence-corrected chi connectivity index (χ0v) is 14.9. The van der Waals surface area contributed by atoms with E-state index >= 15 is 0 Å². The van der Waals surface area contributed by atoms with Crippen molar-refractivity contribution in [1.82, 2.24) is 4.90 Å². The molecule has 7 nitrogen and oxygen atoms in total. The number of carbonyl (C=O) groups is 2. The molecular formula is C19H27N3O4. The van der Waals surface area contributed by atoms with E-state index in [1.165, 1.54) is 0 Å². The van der Waals surface area contributed by atoms with Crippen molar-refractivity contribution in [2.75, 3.05) is 31.6 Å². The largest absolute Gasteiger partial charge is 0.390 e. The first-order chi connectivity index (χ1) is 12.5. The molecule has 2 saturated heterocycles. The van der Waals surface area contributed by atoms with Gasteiger partial charge in [0.05, 0.1) is 11.7 Å². The van der Waals surface area contributed by atoms with Crippen LogP contribution in [0.25, 0.3) is 0 Å². The fourth-order valence-electron chi connectivity index (χ4n) is 3.75. The number of aliphatic hydroxyl groups excluding tert-OH is 1. The lowest BCUT2D eigenvalue weighted by atomic mass is 9.82. The Bertz CT molecular complexity index is 639. The minimum absolute atomic E-state index is 0.0638. The average molecular weight is 361 g/mol. The molecule has 2 amide bonds. The van der Waals surface area contributed by atoms with E-state index < -0.39 is 5.91 Å². The van der Waals surface area contributed by atoms with Gasteiger partial charge in [0.15, 0.2) is 0 Å². The number of ether oxygens (including phenoxy) is 1. The smallest absolute Gasteiger partial charge is 0.248 e. The highest BCUT2D eigenvalue weighted by Crippen LogP contribution is 2.35. The fraction of sp³-hybridized carbons (Fsp3) is 0.579. The lowest BCUT2D eigenvalue weighted by Crippen LogP contribution is -2.55. The Morgan fingerprint density at radius 2 is 1.96 bits per heavy atom. The van der Waals surface area contributed by atoms with Crippen LogP contribution in [0.1, 0.15) is 42.5 Å². The predicted molar refractivity (Wildman–Crippen MR) is 97.8 cm³/mol. The molecule has 0 unspecified atom stereocenters. The van der Waals surface area contributed by atoms with Crippen molar-refractivity contribution >= 4 is 17.5 Å². The minimum Gasteiger partial charge on any atom is -0.390 e. The second-order valence-corrected chi connectivity index (χ2v) is 7.15. The average Bonchev–Trinajstić information content (AvgIpc) is 2.64. The van der Waals surface area contributed by atoms with Gasteiger partial charge in [-0.25, -0.2) is 0 Å². The summed E-state index contributed by atoms with van der Waals surface area (Å²) >= 11 is 0. The lowest BCUT2D eigenvalue weighted by Gasteiger charge is -2.46. The lowest BCUT2D eigenvalue weighted by molar-refractivity contribution is -0.176. The van der Waals surface area contributed by atoms with E-state index in [0.29, 0.717) is 24.2 Å². The minimum atomic E-state index is -0.488. The van der Waals surface area contributed by atoms with E-state index in [9.17, 15) is 14.7 Å². The van der Waals surface area contributed by atoms with Gasteiger partial charge in [0.2, 0.25) is 11.8 Å². The van der Waals surface area contributed by atoms with Gasteiger partial charge in [0, 0.05) is 43.9 Å². The number of aliphatic hydroxyl groups is 1. The highest BCUT2D eigenvalue weighted by Gasteiger charge is 2.43. The molecule has 1 aromatic carbocycles. The molecule has 1 aromatic rings. The summed E-state index contributed by atoms with van der Waals surface area (Å²) in [5.74, 6) is -0.552. The number of nitrogens with one attached hydrogen (secondary N) is 1. The Hall–Kier alpha value is -1.96. The van der Waals surface area contributed by atoms with Gasteiger partial charge in [-0.3, -0.25) is 9.59 Å². The van der Waals surface area contributed by atoms with Crippen molar-refractivity contribution < 1.29 is 19.4 Å². The summed E-state index contributed by atoms with van der Waals surface area (Å²) in [5.41, 5.74) is 5.89. The number of rotatable bonds is 5. The van der Waals surface area contributed by atoms with Gasteiger partial charge in [-0.15, -0.1) is 0 Å². The van der Waals surface area contributed by atoms with Crippen LogP contribution >= 0.6 is 0 Å². The molecule has 2 aliphatic heterocycles. The summed E-state index contributed by atoms with van der Waals surface area (Å²) in [7, 11) is 0. The van der Waals surface area contributed by atoms with Crippen molar-refractivity contribution in [3.63, 3.8) is 0 Å². The normalized spacial score (nSPS) is 22.9. The Labute approximate surface area is 153 Å². The van der Waals surface area contributed by atoms with Crippen LogP contribution in [0, 0.1) is 0 Å². The third-order valence-corrected chi connectivity index (χ3v) is 5.43. The number of benzene rings is 1. The van der Waals surface area contributed by atoms with Gasteiger partial charge in [-0.1, -0.05) is 0 Å². The van der Waals surface area contributed by atoms with Gasteiger partial charge < -0.3 is 25.8 Å². The Morgan fingerprint density at radius 1 is 1.27 bits per heavy atom. The predicted octanol–water partition coefficient (Wildman–Crippen LogP) is 1.12. The van der Waals surface area contributed by atoms with E-state index in [-0.39, 0.29) is 17.6 Å². The summed E-state index contributed by atoms with van der Waals surface area (Å²) in [6.45, 7) is 3.07. The van der Waals surface area contributed by atoms with Crippen LogP contribution < -0.4 is 11.1 Å². The SMILES string of the molecule is NC(=O)c1ccc(NC(=O)CCN2CCC3(CC2)OCCC[C@@H]3O)cc1. The third-order valence-electron chi connectivity index (χ3n) is 5.43. The van der Waals surface area contributed by atoms with Gasteiger partial charge >= 0.3 is 0 Å². The van der Waals surface area contributed by atoms with Crippen LogP contribution in [0.2, 0.25) is 0 Å². The number of primary amides is 1. The van der Waals surface area contributed by atoms with Crippen LogP contribution in [-0.4, -0.2) is 59.8 Å². The third kappa shape index (κ3) is 4.41. The maximum Gasteiger partial charge on any atom is 0.248 e. The second-order valence-electron chi connectivity index (χ2n) is 7.15. The first-order valence-electron chi connectivity index (χ1n) is 9.23. The highest BCUT2D eigenvalue weighted by molar-refractivity contribution is 5.94. The molecule has 0 aromatic heterocycles. The molecule has 1 atom stereocenters. The molecule has 7 heteroatoms. The summed E-state index contributed by atoms with van der Waals surface area (Å²) in [6, 6.07) is 6.53. The number of likely N-dealkylation sites (tertiary alicyclic amines) is 1. The summed E-state index contributed by atoms with van der Waals surface area (Å²) < 4.78 is 5.91. The van der Waals surface area contributed by atoms with Crippen LogP contribution in [0.15, 0.2) is 24.3 Å². The first-order valence-corrected chi connectivity index (χ1v) is 9.23. The molecule has 26 heavy (non-hydrogen) atoms. The number of carbonyl (C=O) groups excluding carboxylic acids is 2. The number of piperidine rings is 1. The summed E-state index contributed by atoms with van der Waals surface area (Å²) in [4.78, 5) is 25.4. The quantitative estimate of drug-likeness (QED) is 0.729. The van der Waals surface area contributed by atoms with Crippen molar-refractivity contribution in [3.8, 4) is 0 Å². The van der Waals surface area contributed by atoms with E-state index in [4.69, 9.17) is 10.5 Å². The molecule has 2 heterocycles. The molecule has 2 fully saturated rings. The maximum atomic E-state index is 12.1. The number of hydrogen-bond donors (Lipinski definition) is 3. The van der Waals surface area contributed by atoms with Gasteiger partial charge in [0.25, 0.3) is 0 Å². The maximum absolute atomic E-state index is 12.1. The molecule has 2 aliphatic rings. The summed E-state index contributed by atoms with van der Waals surface area (Å²) in [5, 5.41) is 13.1. The van der Waals surface area contributed by atoms with Gasteiger partial charge in [-0.05, 0) is 49.9 Å². The zero-order valence-electron chi connectivity index (χ0n) is 14.9. The van der Waals surface area contributed by atoms with Crippen molar-refractivity contribution in [2.45, 2.75) is 43.8 Å². The van der Waals surface area contributed by atoms with Crippen LogP contribution in [0.5, 0.6) is 0 Å². The molecular weight excluding hydrogens is 334 g/mol.